The van der Waals surface area contributed by atoms with Gasteiger partial charge in [-0.05, 0) is 30.9 Å². The highest BCUT2D eigenvalue weighted by molar-refractivity contribution is 5.89. The lowest BCUT2D eigenvalue weighted by atomic mass is 9.46. The molecule has 3 unspecified atom stereocenters. The van der Waals surface area contributed by atoms with Gasteiger partial charge in [0.2, 0.25) is 5.91 Å². The van der Waals surface area contributed by atoms with Crippen molar-refractivity contribution in [3.8, 4) is 0 Å². The second-order valence-corrected chi connectivity index (χ2v) is 7.72. The Bertz CT molecular complexity index is 637. The number of hydrogen-bond acceptors (Lipinski definition) is 4. The largest absolute Gasteiger partial charge is 0.377 e. The standard InChI is InChI=1S/C20H30N2O3.ClH/c1-4-24-13-15-9-6-5-8-14(15)12-22-18(23)20(21)16-10-7-11-25-17(16)19(20,2)3;/h5-6,8-9,16-17H,4,7,10-13,21H2,1-3H3,(H,22,23);1H. The van der Waals surface area contributed by atoms with Gasteiger partial charge in [-0.3, -0.25) is 4.79 Å². The summed E-state index contributed by atoms with van der Waals surface area (Å²) in [4.78, 5) is 13.0. The fourth-order valence-electron chi connectivity index (χ4n) is 4.44. The molecule has 3 N–H and O–H groups in total. The molecule has 1 amide bonds. The highest BCUT2D eigenvalue weighted by Gasteiger charge is 2.70. The van der Waals surface area contributed by atoms with Crippen LogP contribution in [0.5, 0.6) is 0 Å². The molecule has 1 aliphatic carbocycles. The molecule has 0 spiro atoms. The van der Waals surface area contributed by atoms with Crippen molar-refractivity contribution in [2.45, 2.75) is 58.4 Å². The van der Waals surface area contributed by atoms with Crippen LogP contribution in [0.1, 0.15) is 44.7 Å². The minimum atomic E-state index is -0.868. The van der Waals surface area contributed by atoms with Crippen molar-refractivity contribution in [3.63, 3.8) is 0 Å². The van der Waals surface area contributed by atoms with Crippen molar-refractivity contribution < 1.29 is 14.3 Å². The quantitative estimate of drug-likeness (QED) is 0.793. The van der Waals surface area contributed by atoms with Crippen molar-refractivity contribution in [2.24, 2.45) is 17.1 Å². The Kier molecular flexibility index (Phi) is 6.72. The van der Waals surface area contributed by atoms with Crippen LogP contribution < -0.4 is 11.1 Å². The molecule has 2 fully saturated rings. The van der Waals surface area contributed by atoms with Crippen LogP contribution in [-0.4, -0.2) is 30.8 Å². The minimum Gasteiger partial charge on any atom is -0.377 e. The van der Waals surface area contributed by atoms with E-state index >= 15 is 0 Å². The molecule has 2 aliphatic rings. The van der Waals surface area contributed by atoms with Crippen LogP contribution in [0.15, 0.2) is 24.3 Å². The molecule has 1 aromatic rings. The number of carbonyl (C=O) groups excluding carboxylic acids is 1. The van der Waals surface area contributed by atoms with Gasteiger partial charge in [-0.2, -0.15) is 0 Å². The molecule has 146 valence electrons. The van der Waals surface area contributed by atoms with Crippen LogP contribution in [-0.2, 0) is 27.4 Å². The molecule has 5 nitrogen and oxygen atoms in total. The van der Waals surface area contributed by atoms with Crippen molar-refractivity contribution >= 4 is 18.3 Å². The number of nitrogens with two attached hydrogens (primary N) is 1. The Morgan fingerprint density at radius 1 is 1.35 bits per heavy atom. The van der Waals surface area contributed by atoms with E-state index in [4.69, 9.17) is 15.2 Å². The summed E-state index contributed by atoms with van der Waals surface area (Å²) >= 11 is 0. The average Bonchev–Trinajstić information content (AvgIpc) is 2.64. The zero-order chi connectivity index (χ0) is 18.1. The predicted molar refractivity (Wildman–Crippen MR) is 104 cm³/mol. The van der Waals surface area contributed by atoms with Crippen LogP contribution >= 0.6 is 12.4 Å². The van der Waals surface area contributed by atoms with Crippen LogP contribution in [0.2, 0.25) is 0 Å². The first-order valence-corrected chi connectivity index (χ1v) is 9.26. The summed E-state index contributed by atoms with van der Waals surface area (Å²) in [5.41, 5.74) is 7.59. The topological polar surface area (TPSA) is 73.6 Å². The van der Waals surface area contributed by atoms with Crippen molar-refractivity contribution in [1.29, 1.82) is 0 Å². The molecular weight excluding hydrogens is 352 g/mol. The van der Waals surface area contributed by atoms with Gasteiger partial charge < -0.3 is 20.5 Å². The van der Waals surface area contributed by atoms with Gasteiger partial charge in [-0.1, -0.05) is 38.1 Å². The van der Waals surface area contributed by atoms with Gasteiger partial charge >= 0.3 is 0 Å². The summed E-state index contributed by atoms with van der Waals surface area (Å²) in [5, 5.41) is 3.07. The number of amides is 1. The Labute approximate surface area is 162 Å². The molecule has 26 heavy (non-hydrogen) atoms. The molecule has 0 aromatic heterocycles. The lowest BCUT2D eigenvalue weighted by Gasteiger charge is -2.65. The number of benzene rings is 1. The Balaban J connectivity index is 0.00000243. The number of rotatable bonds is 6. The summed E-state index contributed by atoms with van der Waals surface area (Å²) < 4.78 is 11.4. The second-order valence-electron chi connectivity index (χ2n) is 7.72. The van der Waals surface area contributed by atoms with E-state index in [2.05, 4.69) is 5.32 Å². The van der Waals surface area contributed by atoms with Gasteiger partial charge in [0.05, 0.1) is 12.7 Å². The van der Waals surface area contributed by atoms with Crippen LogP contribution in [0.3, 0.4) is 0 Å². The third kappa shape index (κ3) is 3.38. The molecular formula is C20H31ClN2O3. The van der Waals surface area contributed by atoms with Crippen molar-refractivity contribution in [2.75, 3.05) is 13.2 Å². The van der Waals surface area contributed by atoms with Gasteiger partial charge in [-0.15, -0.1) is 12.4 Å². The molecule has 1 saturated carbocycles. The van der Waals surface area contributed by atoms with E-state index in [-0.39, 0.29) is 35.8 Å². The van der Waals surface area contributed by atoms with Crippen LogP contribution in [0.25, 0.3) is 0 Å². The lowest BCUT2D eigenvalue weighted by Crippen LogP contribution is -2.82. The number of carbonyl (C=O) groups is 1. The first-order chi connectivity index (χ1) is 11.9. The Morgan fingerprint density at radius 3 is 2.73 bits per heavy atom. The fourth-order valence-corrected chi connectivity index (χ4v) is 4.44. The van der Waals surface area contributed by atoms with Gasteiger partial charge in [0.15, 0.2) is 0 Å². The predicted octanol–water partition coefficient (Wildman–Crippen LogP) is 2.79. The molecule has 1 saturated heterocycles. The van der Waals surface area contributed by atoms with Crippen LogP contribution in [0, 0.1) is 11.3 Å². The molecule has 1 aromatic carbocycles. The molecule has 1 aliphatic heterocycles. The van der Waals surface area contributed by atoms with E-state index in [1.165, 1.54) is 0 Å². The number of ether oxygens (including phenoxy) is 2. The third-order valence-electron chi connectivity index (χ3n) is 6.08. The highest BCUT2D eigenvalue weighted by Crippen LogP contribution is 2.57. The summed E-state index contributed by atoms with van der Waals surface area (Å²) in [6, 6.07) is 8.03. The Morgan fingerprint density at radius 2 is 2.04 bits per heavy atom. The lowest BCUT2D eigenvalue weighted by molar-refractivity contribution is -0.225. The van der Waals surface area contributed by atoms with Gasteiger partial charge in [0, 0.05) is 31.1 Å². The summed E-state index contributed by atoms with van der Waals surface area (Å²) in [5.74, 6) is 0.0328. The van der Waals surface area contributed by atoms with E-state index in [1.54, 1.807) is 0 Å². The molecule has 6 heteroatoms. The highest BCUT2D eigenvalue weighted by atomic mass is 35.5. The average molecular weight is 383 g/mol. The normalized spacial score (nSPS) is 29.1. The smallest absolute Gasteiger partial charge is 0.241 e. The summed E-state index contributed by atoms with van der Waals surface area (Å²) in [6.45, 7) is 8.53. The number of nitrogens with one attached hydrogen (secondary N) is 1. The number of hydrogen-bond donors (Lipinski definition) is 2. The van der Waals surface area contributed by atoms with Crippen molar-refractivity contribution in [1.82, 2.24) is 5.32 Å². The van der Waals surface area contributed by atoms with Gasteiger partial charge in [0.25, 0.3) is 0 Å². The minimum absolute atomic E-state index is 0. The number of halogens is 1. The molecule has 3 atom stereocenters. The van der Waals surface area contributed by atoms with Crippen molar-refractivity contribution in [3.05, 3.63) is 35.4 Å². The monoisotopic (exact) mass is 382 g/mol. The van der Waals surface area contributed by atoms with E-state index < -0.39 is 5.54 Å². The Hall–Kier alpha value is -1.14. The third-order valence-corrected chi connectivity index (χ3v) is 6.08. The zero-order valence-corrected chi connectivity index (χ0v) is 16.7. The van der Waals surface area contributed by atoms with Gasteiger partial charge in [-0.25, -0.2) is 0 Å². The fraction of sp³-hybridized carbons (Fsp3) is 0.650. The molecule has 0 radical (unpaired) electrons. The zero-order valence-electron chi connectivity index (χ0n) is 15.9. The van der Waals surface area contributed by atoms with E-state index in [9.17, 15) is 4.79 Å². The molecule has 0 bridgehead atoms. The maximum Gasteiger partial charge on any atom is 0.241 e. The molecule has 3 rings (SSSR count). The first kappa shape index (κ1) is 21.2. The first-order valence-electron chi connectivity index (χ1n) is 9.26. The summed E-state index contributed by atoms with van der Waals surface area (Å²) in [7, 11) is 0. The number of fused-ring (bicyclic) bond motifs is 1. The maximum absolute atomic E-state index is 13.0. The van der Waals surface area contributed by atoms with Gasteiger partial charge in [0.1, 0.15) is 5.54 Å². The molecule has 1 heterocycles. The van der Waals surface area contributed by atoms with E-state index in [0.717, 1.165) is 30.6 Å². The summed E-state index contributed by atoms with van der Waals surface area (Å²) in [6.07, 6.45) is 2.02. The second kappa shape index (κ2) is 8.26. The van der Waals surface area contributed by atoms with E-state index in [0.29, 0.717) is 19.8 Å². The van der Waals surface area contributed by atoms with Crippen LogP contribution in [0.4, 0.5) is 0 Å². The SMILES string of the molecule is CCOCc1ccccc1CNC(=O)C1(N)C2CCCOC2C1(C)C.Cl. The maximum atomic E-state index is 13.0. The van der Waals surface area contributed by atoms with E-state index in [1.807, 2.05) is 45.0 Å².